The molecule has 5 nitrogen and oxygen atoms in total. The summed E-state index contributed by atoms with van der Waals surface area (Å²) < 4.78 is 49.9. The van der Waals surface area contributed by atoms with Gasteiger partial charge in [-0.25, -0.2) is 12.8 Å². The summed E-state index contributed by atoms with van der Waals surface area (Å²) in [4.78, 5) is 0.0456. The third kappa shape index (κ3) is 4.04. The van der Waals surface area contributed by atoms with Crippen LogP contribution in [0.2, 0.25) is 0 Å². The fraction of sp³-hybridized carbons (Fsp3) is 0.294. The predicted octanol–water partition coefficient (Wildman–Crippen LogP) is 3.05. The summed E-state index contributed by atoms with van der Waals surface area (Å²) in [5.41, 5.74) is 0.753. The summed E-state index contributed by atoms with van der Waals surface area (Å²) in [5, 5.41) is 0. The summed E-state index contributed by atoms with van der Waals surface area (Å²) >= 11 is 0. The third-order valence-corrected chi connectivity index (χ3v) is 5.27. The minimum Gasteiger partial charge on any atom is -0.493 e. The van der Waals surface area contributed by atoms with Gasteiger partial charge >= 0.3 is 0 Å². The molecule has 0 spiro atoms. The molecule has 2 aromatic carbocycles. The van der Waals surface area contributed by atoms with Crippen molar-refractivity contribution in [2.24, 2.45) is 0 Å². The van der Waals surface area contributed by atoms with Gasteiger partial charge in [-0.05, 0) is 48.9 Å². The second-order valence-electron chi connectivity index (χ2n) is 5.13. The maximum atomic E-state index is 13.0. The van der Waals surface area contributed by atoms with Crippen molar-refractivity contribution < 1.29 is 22.3 Å². The van der Waals surface area contributed by atoms with Gasteiger partial charge in [-0.15, -0.1) is 0 Å². The SMILES string of the molecule is CCOc1ccc(CN(C)S(=O)(=O)c2ccc(F)cc2)cc1OC. The Hall–Kier alpha value is -2.12. The molecule has 0 saturated carbocycles. The van der Waals surface area contributed by atoms with Gasteiger partial charge in [0.25, 0.3) is 0 Å². The van der Waals surface area contributed by atoms with E-state index in [1.54, 1.807) is 18.2 Å². The first kappa shape index (κ1) is 18.2. The molecule has 0 aliphatic carbocycles. The summed E-state index contributed by atoms with van der Waals surface area (Å²) in [6.45, 7) is 2.54. The van der Waals surface area contributed by atoms with E-state index in [0.29, 0.717) is 18.1 Å². The predicted molar refractivity (Wildman–Crippen MR) is 89.2 cm³/mol. The van der Waals surface area contributed by atoms with Gasteiger partial charge < -0.3 is 9.47 Å². The molecule has 7 heteroatoms. The van der Waals surface area contributed by atoms with Gasteiger partial charge in [-0.1, -0.05) is 6.07 Å². The van der Waals surface area contributed by atoms with E-state index in [4.69, 9.17) is 9.47 Å². The lowest BCUT2D eigenvalue weighted by Gasteiger charge is -2.18. The number of rotatable bonds is 7. The number of sulfonamides is 1. The van der Waals surface area contributed by atoms with Crippen LogP contribution in [0.25, 0.3) is 0 Å². The molecular weight excluding hydrogens is 333 g/mol. The van der Waals surface area contributed by atoms with Gasteiger partial charge in [0.05, 0.1) is 18.6 Å². The number of methoxy groups -OCH3 is 1. The van der Waals surface area contributed by atoms with Gasteiger partial charge in [0, 0.05) is 13.6 Å². The van der Waals surface area contributed by atoms with Crippen LogP contribution in [0.3, 0.4) is 0 Å². The Morgan fingerprint density at radius 1 is 1.08 bits per heavy atom. The van der Waals surface area contributed by atoms with Crippen LogP contribution >= 0.6 is 0 Å². The number of halogens is 1. The minimum absolute atomic E-state index is 0.0456. The van der Waals surface area contributed by atoms with Crippen LogP contribution in [0.5, 0.6) is 11.5 Å². The fourth-order valence-corrected chi connectivity index (χ4v) is 3.37. The van der Waals surface area contributed by atoms with Gasteiger partial charge in [0.15, 0.2) is 11.5 Å². The van der Waals surface area contributed by atoms with Crippen LogP contribution in [0, 0.1) is 5.82 Å². The van der Waals surface area contributed by atoms with Crippen LogP contribution in [-0.4, -0.2) is 33.5 Å². The number of nitrogens with zero attached hydrogens (tertiary/aromatic N) is 1. The van der Waals surface area contributed by atoms with E-state index in [1.165, 1.54) is 30.6 Å². The smallest absolute Gasteiger partial charge is 0.243 e. The Labute approximate surface area is 141 Å². The van der Waals surface area contributed by atoms with E-state index in [0.717, 1.165) is 17.7 Å². The topological polar surface area (TPSA) is 55.8 Å². The van der Waals surface area contributed by atoms with Crippen molar-refractivity contribution in [2.75, 3.05) is 20.8 Å². The average Bonchev–Trinajstić information content (AvgIpc) is 2.56. The van der Waals surface area contributed by atoms with E-state index in [9.17, 15) is 12.8 Å². The van der Waals surface area contributed by atoms with Gasteiger partial charge in [0.1, 0.15) is 5.82 Å². The Morgan fingerprint density at radius 3 is 2.33 bits per heavy atom. The molecule has 0 aliphatic rings. The van der Waals surface area contributed by atoms with E-state index < -0.39 is 15.8 Å². The summed E-state index contributed by atoms with van der Waals surface area (Å²) in [6.07, 6.45) is 0. The average molecular weight is 353 g/mol. The van der Waals surface area contributed by atoms with Gasteiger partial charge in [-0.2, -0.15) is 4.31 Å². The maximum absolute atomic E-state index is 13.0. The zero-order chi connectivity index (χ0) is 17.7. The first-order valence-electron chi connectivity index (χ1n) is 7.40. The quantitative estimate of drug-likeness (QED) is 0.768. The summed E-state index contributed by atoms with van der Waals surface area (Å²) in [6, 6.07) is 10.0. The van der Waals surface area contributed by atoms with Gasteiger partial charge in [-0.3, -0.25) is 0 Å². The number of hydrogen-bond acceptors (Lipinski definition) is 4. The van der Waals surface area contributed by atoms with Crippen molar-refractivity contribution >= 4 is 10.0 Å². The molecule has 0 unspecified atom stereocenters. The molecule has 0 radical (unpaired) electrons. The highest BCUT2D eigenvalue weighted by molar-refractivity contribution is 7.89. The highest BCUT2D eigenvalue weighted by Gasteiger charge is 2.21. The first-order chi connectivity index (χ1) is 11.4. The largest absolute Gasteiger partial charge is 0.493 e. The molecule has 0 amide bonds. The lowest BCUT2D eigenvalue weighted by molar-refractivity contribution is 0.310. The Balaban J connectivity index is 2.22. The van der Waals surface area contributed by atoms with Crippen LogP contribution in [0.1, 0.15) is 12.5 Å². The molecule has 0 N–H and O–H groups in total. The highest BCUT2D eigenvalue weighted by atomic mass is 32.2. The zero-order valence-corrected chi connectivity index (χ0v) is 14.6. The molecule has 0 bridgehead atoms. The number of benzene rings is 2. The molecule has 24 heavy (non-hydrogen) atoms. The van der Waals surface area contributed by atoms with Crippen molar-refractivity contribution in [2.45, 2.75) is 18.4 Å². The van der Waals surface area contributed by atoms with Crippen molar-refractivity contribution in [3.05, 3.63) is 53.8 Å². The molecule has 0 saturated heterocycles. The Kier molecular flexibility index (Phi) is 5.80. The lowest BCUT2D eigenvalue weighted by atomic mass is 10.2. The molecule has 2 aromatic rings. The first-order valence-corrected chi connectivity index (χ1v) is 8.84. The zero-order valence-electron chi connectivity index (χ0n) is 13.8. The number of ether oxygens (including phenoxy) is 2. The van der Waals surface area contributed by atoms with E-state index in [-0.39, 0.29) is 11.4 Å². The Bertz CT molecular complexity index is 791. The van der Waals surface area contributed by atoms with Crippen LogP contribution in [0.4, 0.5) is 4.39 Å². The van der Waals surface area contributed by atoms with Crippen molar-refractivity contribution in [3.8, 4) is 11.5 Å². The molecule has 130 valence electrons. The molecule has 0 aromatic heterocycles. The van der Waals surface area contributed by atoms with Gasteiger partial charge in [0.2, 0.25) is 10.0 Å². The van der Waals surface area contributed by atoms with Crippen molar-refractivity contribution in [1.29, 1.82) is 0 Å². The standard InChI is InChI=1S/C17H20FNO4S/c1-4-23-16-10-5-13(11-17(16)22-3)12-19(2)24(20,21)15-8-6-14(18)7-9-15/h5-11H,4,12H2,1-3H3. The molecular formula is C17H20FNO4S. The van der Waals surface area contributed by atoms with E-state index in [2.05, 4.69) is 0 Å². The molecule has 2 rings (SSSR count). The molecule has 0 atom stereocenters. The monoisotopic (exact) mass is 353 g/mol. The maximum Gasteiger partial charge on any atom is 0.243 e. The van der Waals surface area contributed by atoms with Crippen LogP contribution < -0.4 is 9.47 Å². The highest BCUT2D eigenvalue weighted by Crippen LogP contribution is 2.29. The minimum atomic E-state index is -3.70. The number of hydrogen-bond donors (Lipinski definition) is 0. The second-order valence-corrected chi connectivity index (χ2v) is 7.18. The van der Waals surface area contributed by atoms with Crippen molar-refractivity contribution in [1.82, 2.24) is 4.31 Å². The van der Waals surface area contributed by atoms with E-state index >= 15 is 0 Å². The summed E-state index contributed by atoms with van der Waals surface area (Å²) in [7, 11) is -0.697. The Morgan fingerprint density at radius 2 is 1.75 bits per heavy atom. The third-order valence-electron chi connectivity index (χ3n) is 3.45. The van der Waals surface area contributed by atoms with Crippen LogP contribution in [-0.2, 0) is 16.6 Å². The van der Waals surface area contributed by atoms with E-state index in [1.807, 2.05) is 6.92 Å². The lowest BCUT2D eigenvalue weighted by Crippen LogP contribution is -2.26. The van der Waals surface area contributed by atoms with Crippen molar-refractivity contribution in [3.63, 3.8) is 0 Å². The molecule has 0 aliphatic heterocycles. The normalized spacial score (nSPS) is 11.5. The molecule has 0 heterocycles. The van der Waals surface area contributed by atoms with Crippen LogP contribution in [0.15, 0.2) is 47.4 Å². The molecule has 0 fully saturated rings. The second kappa shape index (κ2) is 7.63. The summed E-state index contributed by atoms with van der Waals surface area (Å²) in [5.74, 6) is 0.669. The fourth-order valence-electron chi connectivity index (χ4n) is 2.21.